The Morgan fingerprint density at radius 1 is 0.760 bits per heavy atom. The molecule has 0 saturated heterocycles. The predicted octanol–water partition coefficient (Wildman–Crippen LogP) is 6.97. The summed E-state index contributed by atoms with van der Waals surface area (Å²) < 4.78 is 29.0. The van der Waals surface area contributed by atoms with Crippen LogP contribution in [0, 0.1) is 11.6 Å². The second kappa shape index (κ2) is 7.83. The minimum absolute atomic E-state index is 0.303. The summed E-state index contributed by atoms with van der Waals surface area (Å²) in [7, 11) is 0. The molecule has 0 nitrogen and oxygen atoms in total. The fourth-order valence-electron chi connectivity index (χ4n) is 2.92. The monoisotopic (exact) mass is 354 g/mol. The number of aryl methyl sites for hydroxylation is 1. The van der Waals surface area contributed by atoms with Crippen molar-refractivity contribution in [3.05, 3.63) is 77.9 Å². The molecule has 0 bridgehead atoms. The van der Waals surface area contributed by atoms with Gasteiger partial charge in [0.15, 0.2) is 0 Å². The molecule has 0 aliphatic rings. The van der Waals surface area contributed by atoms with Crippen LogP contribution in [-0.4, -0.2) is 6.26 Å². The molecular weight excluding hydrogens is 334 g/mol. The van der Waals surface area contributed by atoms with Gasteiger partial charge in [-0.25, -0.2) is 8.78 Å². The van der Waals surface area contributed by atoms with Crippen molar-refractivity contribution in [3.8, 4) is 22.3 Å². The summed E-state index contributed by atoms with van der Waals surface area (Å²) >= 11 is 1.65. The lowest BCUT2D eigenvalue weighted by molar-refractivity contribution is 0.625. The second-order valence-corrected chi connectivity index (χ2v) is 6.87. The molecule has 0 N–H and O–H groups in total. The van der Waals surface area contributed by atoms with Gasteiger partial charge in [0.1, 0.15) is 11.6 Å². The Kier molecular flexibility index (Phi) is 5.54. The van der Waals surface area contributed by atoms with Crippen LogP contribution in [0.2, 0.25) is 0 Å². The fraction of sp³-hybridized carbons (Fsp3) is 0.182. The average molecular weight is 354 g/mol. The summed E-state index contributed by atoms with van der Waals surface area (Å²) in [5.74, 6) is -0.645. The molecule has 0 unspecified atom stereocenters. The van der Waals surface area contributed by atoms with Crippen LogP contribution in [0.1, 0.15) is 18.9 Å². The van der Waals surface area contributed by atoms with Crippen molar-refractivity contribution in [2.75, 3.05) is 6.26 Å². The van der Waals surface area contributed by atoms with Gasteiger partial charge in [0.05, 0.1) is 0 Å². The highest BCUT2D eigenvalue weighted by atomic mass is 32.2. The third kappa shape index (κ3) is 3.93. The quantitative estimate of drug-likeness (QED) is 0.446. The van der Waals surface area contributed by atoms with Gasteiger partial charge in [-0.1, -0.05) is 49.7 Å². The van der Waals surface area contributed by atoms with Gasteiger partial charge in [-0.15, -0.1) is 11.8 Å². The molecule has 0 aromatic heterocycles. The van der Waals surface area contributed by atoms with Gasteiger partial charge < -0.3 is 0 Å². The summed E-state index contributed by atoms with van der Waals surface area (Å²) in [6.45, 7) is 2.06. The van der Waals surface area contributed by atoms with Crippen molar-refractivity contribution in [1.29, 1.82) is 0 Å². The molecule has 3 aromatic rings. The SMILES string of the molecule is CCCc1ccc(-c2ccc(-c3ccc(SC)cc3)c(F)c2)c(F)c1. The normalized spacial score (nSPS) is 10.9. The average Bonchev–Trinajstić information content (AvgIpc) is 2.62. The molecule has 0 spiro atoms. The van der Waals surface area contributed by atoms with Crippen molar-refractivity contribution in [1.82, 2.24) is 0 Å². The van der Waals surface area contributed by atoms with E-state index in [0.29, 0.717) is 16.7 Å². The van der Waals surface area contributed by atoms with Crippen molar-refractivity contribution < 1.29 is 8.78 Å². The lowest BCUT2D eigenvalue weighted by Gasteiger charge is -2.09. The summed E-state index contributed by atoms with van der Waals surface area (Å²) in [6, 6.07) is 17.9. The number of halogens is 2. The van der Waals surface area contributed by atoms with E-state index in [2.05, 4.69) is 6.92 Å². The molecule has 0 amide bonds. The lowest BCUT2D eigenvalue weighted by atomic mass is 9.98. The zero-order chi connectivity index (χ0) is 17.8. The van der Waals surface area contributed by atoms with Crippen LogP contribution in [0.5, 0.6) is 0 Å². The maximum Gasteiger partial charge on any atom is 0.131 e. The molecule has 0 heterocycles. The predicted molar refractivity (Wildman–Crippen MR) is 103 cm³/mol. The van der Waals surface area contributed by atoms with Crippen molar-refractivity contribution in [3.63, 3.8) is 0 Å². The van der Waals surface area contributed by atoms with E-state index in [1.807, 2.05) is 36.6 Å². The minimum Gasteiger partial charge on any atom is -0.206 e. The highest BCUT2D eigenvalue weighted by Gasteiger charge is 2.11. The first-order valence-corrected chi connectivity index (χ1v) is 9.57. The van der Waals surface area contributed by atoms with E-state index in [1.165, 1.54) is 6.07 Å². The number of thioether (sulfide) groups is 1. The summed E-state index contributed by atoms with van der Waals surface area (Å²) in [4.78, 5) is 1.13. The third-order valence-corrected chi connectivity index (χ3v) is 5.00. The highest BCUT2D eigenvalue weighted by molar-refractivity contribution is 7.98. The first kappa shape index (κ1) is 17.7. The molecule has 0 aliphatic heterocycles. The van der Waals surface area contributed by atoms with E-state index in [1.54, 1.807) is 36.0 Å². The fourth-order valence-corrected chi connectivity index (χ4v) is 3.33. The molecule has 25 heavy (non-hydrogen) atoms. The van der Waals surface area contributed by atoms with Crippen LogP contribution in [0.15, 0.2) is 65.6 Å². The van der Waals surface area contributed by atoms with Crippen LogP contribution in [-0.2, 0) is 6.42 Å². The molecule has 0 saturated carbocycles. The van der Waals surface area contributed by atoms with E-state index in [9.17, 15) is 8.78 Å². The number of hydrogen-bond acceptors (Lipinski definition) is 1. The molecule has 0 aliphatic carbocycles. The molecule has 3 rings (SSSR count). The van der Waals surface area contributed by atoms with Gasteiger partial charge in [-0.05, 0) is 53.6 Å². The zero-order valence-corrected chi connectivity index (χ0v) is 15.2. The maximum atomic E-state index is 14.6. The Hall–Kier alpha value is -2.13. The van der Waals surface area contributed by atoms with Crippen molar-refractivity contribution in [2.24, 2.45) is 0 Å². The van der Waals surface area contributed by atoms with E-state index in [4.69, 9.17) is 0 Å². The van der Waals surface area contributed by atoms with Crippen LogP contribution >= 0.6 is 11.8 Å². The summed E-state index contributed by atoms with van der Waals surface area (Å²) in [5.41, 5.74) is 3.31. The summed E-state index contributed by atoms with van der Waals surface area (Å²) in [6.07, 6.45) is 3.82. The first-order valence-electron chi connectivity index (χ1n) is 8.35. The van der Waals surface area contributed by atoms with Gasteiger partial charge in [-0.2, -0.15) is 0 Å². The van der Waals surface area contributed by atoms with Gasteiger partial charge in [0.25, 0.3) is 0 Å². The number of benzene rings is 3. The van der Waals surface area contributed by atoms with Crippen LogP contribution in [0.4, 0.5) is 8.78 Å². The molecule has 0 atom stereocenters. The van der Waals surface area contributed by atoms with Gasteiger partial charge in [-0.3, -0.25) is 0 Å². The lowest BCUT2D eigenvalue weighted by Crippen LogP contribution is -1.91. The number of hydrogen-bond donors (Lipinski definition) is 0. The molecule has 3 heteroatoms. The molecule has 3 aromatic carbocycles. The van der Waals surface area contributed by atoms with Crippen LogP contribution < -0.4 is 0 Å². The van der Waals surface area contributed by atoms with Gasteiger partial charge >= 0.3 is 0 Å². The standard InChI is InChI=1S/C22H20F2S/c1-3-4-15-5-11-20(21(23)13-15)17-8-12-19(22(24)14-17)16-6-9-18(25-2)10-7-16/h5-14H,3-4H2,1-2H3. The van der Waals surface area contributed by atoms with E-state index >= 15 is 0 Å². The van der Waals surface area contributed by atoms with Gasteiger partial charge in [0.2, 0.25) is 0 Å². The Morgan fingerprint density at radius 3 is 1.96 bits per heavy atom. The number of rotatable bonds is 5. The van der Waals surface area contributed by atoms with E-state index in [-0.39, 0.29) is 11.6 Å². The second-order valence-electron chi connectivity index (χ2n) is 5.99. The Morgan fingerprint density at radius 2 is 1.36 bits per heavy atom. The van der Waals surface area contributed by atoms with Gasteiger partial charge in [0, 0.05) is 16.0 Å². The largest absolute Gasteiger partial charge is 0.206 e. The van der Waals surface area contributed by atoms with E-state index in [0.717, 1.165) is 28.9 Å². The summed E-state index contributed by atoms with van der Waals surface area (Å²) in [5, 5.41) is 0. The zero-order valence-electron chi connectivity index (χ0n) is 14.4. The van der Waals surface area contributed by atoms with Crippen LogP contribution in [0.25, 0.3) is 22.3 Å². The molecular formula is C22H20F2S. The Labute approximate surface area is 151 Å². The Balaban J connectivity index is 1.93. The third-order valence-electron chi connectivity index (χ3n) is 4.25. The van der Waals surface area contributed by atoms with Crippen molar-refractivity contribution in [2.45, 2.75) is 24.7 Å². The smallest absolute Gasteiger partial charge is 0.131 e. The van der Waals surface area contributed by atoms with Crippen LogP contribution in [0.3, 0.4) is 0 Å². The molecule has 0 radical (unpaired) electrons. The minimum atomic E-state index is -0.341. The van der Waals surface area contributed by atoms with E-state index < -0.39 is 0 Å². The molecule has 128 valence electrons. The molecule has 0 fully saturated rings. The maximum absolute atomic E-state index is 14.6. The van der Waals surface area contributed by atoms with Crippen molar-refractivity contribution >= 4 is 11.8 Å². The highest BCUT2D eigenvalue weighted by Crippen LogP contribution is 2.30. The topological polar surface area (TPSA) is 0 Å². The Bertz CT molecular complexity index is 870. The first-order chi connectivity index (χ1) is 12.1.